The van der Waals surface area contributed by atoms with Crippen molar-refractivity contribution in [2.24, 2.45) is 5.73 Å². The maximum Gasteiger partial charge on any atom is 0.420 e. The number of imide groups is 1. The van der Waals surface area contributed by atoms with E-state index in [9.17, 15) is 22.8 Å². The average molecular weight is 378 g/mol. The number of nitrogens with two attached hydrogens (primary N) is 1. The minimum Gasteiger partial charge on any atom is -0.391 e. The van der Waals surface area contributed by atoms with Gasteiger partial charge < -0.3 is 10.5 Å². The average Bonchev–Trinajstić information content (AvgIpc) is 2.62. The van der Waals surface area contributed by atoms with Crippen molar-refractivity contribution in [1.82, 2.24) is 15.0 Å². The van der Waals surface area contributed by atoms with Crippen LogP contribution < -0.4 is 20.5 Å². The molecule has 0 unspecified atom stereocenters. The molecule has 4 N–H and O–H groups in total. The molecule has 0 atom stereocenters. The Bertz CT molecular complexity index is 913. The molecule has 136 valence electrons. The number of nitrogens with one attached hydrogen (secondary N) is 2. The fourth-order valence-electron chi connectivity index (χ4n) is 1.70. The highest BCUT2D eigenvalue weighted by molar-refractivity contribution is 7.90. The molecule has 10 nitrogen and oxygen atoms in total. The van der Waals surface area contributed by atoms with Crippen molar-refractivity contribution in [2.45, 2.75) is 4.90 Å². The van der Waals surface area contributed by atoms with Crippen molar-refractivity contribution >= 4 is 27.9 Å². The summed E-state index contributed by atoms with van der Waals surface area (Å²) in [6.45, 7) is -0.391. The normalized spacial score (nSPS) is 10.7. The third-order valence-electron chi connectivity index (χ3n) is 2.90. The molecule has 2 aromatic rings. The summed E-state index contributed by atoms with van der Waals surface area (Å²) in [5.41, 5.74) is 4.96. The van der Waals surface area contributed by atoms with Gasteiger partial charge in [0.1, 0.15) is 0 Å². The monoisotopic (exact) mass is 378 g/mol. The first-order chi connectivity index (χ1) is 12.3. The number of benzene rings is 1. The van der Waals surface area contributed by atoms with Crippen LogP contribution in [-0.2, 0) is 14.8 Å². The molecule has 0 bridgehead atoms. The third kappa shape index (κ3) is 5.09. The second-order valence-electron chi connectivity index (χ2n) is 4.77. The van der Waals surface area contributed by atoms with Gasteiger partial charge in [-0.15, -0.1) is 0 Å². The molecule has 0 spiro atoms. The van der Waals surface area contributed by atoms with E-state index in [1.807, 2.05) is 10.0 Å². The van der Waals surface area contributed by atoms with Crippen molar-refractivity contribution in [3.05, 3.63) is 54.2 Å². The maximum absolute atomic E-state index is 12.1. The lowest BCUT2D eigenvalue weighted by atomic mass is 10.3. The van der Waals surface area contributed by atoms with E-state index in [0.29, 0.717) is 0 Å². The smallest absolute Gasteiger partial charge is 0.391 e. The van der Waals surface area contributed by atoms with Crippen LogP contribution >= 0.6 is 0 Å². The van der Waals surface area contributed by atoms with Gasteiger partial charge in [0.15, 0.2) is 0 Å². The van der Waals surface area contributed by atoms with Gasteiger partial charge in [-0.05, 0) is 18.2 Å². The zero-order valence-electron chi connectivity index (χ0n) is 13.2. The van der Waals surface area contributed by atoms with Crippen LogP contribution in [0.3, 0.4) is 0 Å². The summed E-state index contributed by atoms with van der Waals surface area (Å²) in [5, 5.41) is 1.84. The highest BCUT2D eigenvalue weighted by atomic mass is 32.2. The highest BCUT2D eigenvalue weighted by Crippen LogP contribution is 2.11. The van der Waals surface area contributed by atoms with Crippen LogP contribution in [0.5, 0.6) is 5.88 Å². The lowest BCUT2D eigenvalue weighted by molar-refractivity contribution is -0.118. The van der Waals surface area contributed by atoms with E-state index in [2.05, 4.69) is 4.98 Å². The number of rotatable bonds is 5. The lowest BCUT2D eigenvalue weighted by Gasteiger charge is -2.07. The Kier molecular flexibility index (Phi) is 5.98. The van der Waals surface area contributed by atoms with Gasteiger partial charge in [-0.1, -0.05) is 18.2 Å². The zero-order chi connectivity index (χ0) is 19.2. The molecule has 0 aliphatic carbocycles. The Hall–Kier alpha value is -3.31. The summed E-state index contributed by atoms with van der Waals surface area (Å²) < 4.78 is 30.8. The number of amides is 3. The molecule has 1 aromatic heterocycles. The summed E-state index contributed by atoms with van der Waals surface area (Å²) in [7, 11) is -4.03. The molecule has 26 heavy (non-hydrogen) atoms. The number of ether oxygens (including phenoxy) is 1. The Balaban J connectivity index is 2.03. The first-order valence-electron chi connectivity index (χ1n) is 7.12. The molecule has 1 heterocycles. The molecule has 0 saturated carbocycles. The van der Waals surface area contributed by atoms with Crippen molar-refractivity contribution in [2.75, 3.05) is 6.54 Å². The van der Waals surface area contributed by atoms with Crippen molar-refractivity contribution in [3.63, 3.8) is 0 Å². The van der Waals surface area contributed by atoms with Crippen molar-refractivity contribution in [3.8, 4) is 5.88 Å². The van der Waals surface area contributed by atoms with Crippen LogP contribution in [0.1, 0.15) is 10.4 Å². The van der Waals surface area contributed by atoms with Gasteiger partial charge in [0.05, 0.1) is 17.0 Å². The number of aromatic nitrogens is 1. The Morgan fingerprint density at radius 3 is 2.35 bits per heavy atom. The largest absolute Gasteiger partial charge is 0.420 e. The van der Waals surface area contributed by atoms with Crippen LogP contribution in [0.4, 0.5) is 4.79 Å². The number of carbonyl (C=O) groups is 3. The van der Waals surface area contributed by atoms with Gasteiger partial charge in [0.2, 0.25) is 11.8 Å². The van der Waals surface area contributed by atoms with Crippen LogP contribution in [-0.4, -0.2) is 37.9 Å². The minimum atomic E-state index is -4.03. The van der Waals surface area contributed by atoms with Crippen LogP contribution in [0.15, 0.2) is 53.6 Å². The number of pyridine rings is 1. The number of hydrogen-bond donors (Lipinski definition) is 3. The fourth-order valence-corrected chi connectivity index (χ4v) is 2.70. The van der Waals surface area contributed by atoms with Crippen LogP contribution in [0.25, 0.3) is 0 Å². The summed E-state index contributed by atoms with van der Waals surface area (Å²) in [6, 6.07) is 9.73. The van der Waals surface area contributed by atoms with E-state index in [-0.39, 0.29) is 16.3 Å². The van der Waals surface area contributed by atoms with E-state index in [1.165, 1.54) is 30.3 Å². The van der Waals surface area contributed by atoms with Gasteiger partial charge in [0, 0.05) is 12.3 Å². The van der Waals surface area contributed by atoms with E-state index in [0.717, 1.165) is 12.3 Å². The topological polar surface area (TPSA) is 158 Å². The van der Waals surface area contributed by atoms with Gasteiger partial charge in [0.25, 0.3) is 15.9 Å². The number of sulfonamides is 1. The molecule has 0 aliphatic rings. The van der Waals surface area contributed by atoms with E-state index in [1.54, 1.807) is 6.07 Å². The minimum absolute atomic E-state index is 0.0671. The molecule has 3 amide bonds. The zero-order valence-corrected chi connectivity index (χ0v) is 14.0. The predicted molar refractivity (Wildman–Crippen MR) is 88.6 cm³/mol. The Morgan fingerprint density at radius 1 is 1.08 bits per heavy atom. The second kappa shape index (κ2) is 8.18. The lowest BCUT2D eigenvalue weighted by Crippen LogP contribution is -2.37. The number of carbonyl (C=O) groups excluding carboxylic acids is 3. The molecule has 2 rings (SSSR count). The Labute approximate surface area is 148 Å². The first-order valence-corrected chi connectivity index (χ1v) is 8.60. The molecule has 0 fully saturated rings. The molecule has 0 aliphatic heterocycles. The SMILES string of the molecule is NCC(=O)NC(=O)Oc1ccc(C(=O)NS(=O)(=O)c2ccccc2)cn1. The van der Waals surface area contributed by atoms with E-state index in [4.69, 9.17) is 10.5 Å². The quantitative estimate of drug-likeness (QED) is 0.644. The molecular weight excluding hydrogens is 364 g/mol. The molecule has 0 saturated heterocycles. The maximum atomic E-state index is 12.1. The predicted octanol–water partition coefficient (Wildman–Crippen LogP) is -0.226. The Morgan fingerprint density at radius 2 is 1.77 bits per heavy atom. The molecular formula is C15H14N4O6S. The van der Waals surface area contributed by atoms with E-state index >= 15 is 0 Å². The fraction of sp³-hybridized carbons (Fsp3) is 0.0667. The number of nitrogens with zero attached hydrogens (tertiary/aromatic N) is 1. The third-order valence-corrected chi connectivity index (χ3v) is 4.25. The van der Waals surface area contributed by atoms with Crippen molar-refractivity contribution < 1.29 is 27.5 Å². The summed E-state index contributed by atoms with van der Waals surface area (Å²) in [5.74, 6) is -1.84. The van der Waals surface area contributed by atoms with E-state index < -0.39 is 34.5 Å². The highest BCUT2D eigenvalue weighted by Gasteiger charge is 2.19. The standard InChI is InChI=1S/C15H14N4O6S/c16-8-12(20)18-15(22)25-13-7-6-10(9-17-13)14(21)19-26(23,24)11-4-2-1-3-5-11/h1-7,9H,8,16H2,(H,19,21)(H,18,20,22). The van der Waals surface area contributed by atoms with Gasteiger partial charge >= 0.3 is 6.09 Å². The van der Waals surface area contributed by atoms with Gasteiger partial charge in [-0.3, -0.25) is 14.9 Å². The molecule has 11 heteroatoms. The second-order valence-corrected chi connectivity index (χ2v) is 6.46. The van der Waals surface area contributed by atoms with Crippen LogP contribution in [0.2, 0.25) is 0 Å². The van der Waals surface area contributed by atoms with Crippen molar-refractivity contribution in [1.29, 1.82) is 0 Å². The number of hydrogen-bond acceptors (Lipinski definition) is 8. The summed E-state index contributed by atoms with van der Waals surface area (Å²) in [4.78, 5) is 37.9. The summed E-state index contributed by atoms with van der Waals surface area (Å²) in [6.07, 6.45) is -0.0692. The van der Waals surface area contributed by atoms with Gasteiger partial charge in [-0.2, -0.15) is 0 Å². The summed E-state index contributed by atoms with van der Waals surface area (Å²) >= 11 is 0. The van der Waals surface area contributed by atoms with Crippen LogP contribution in [0, 0.1) is 0 Å². The molecule has 0 radical (unpaired) electrons. The van der Waals surface area contributed by atoms with Gasteiger partial charge in [-0.25, -0.2) is 22.9 Å². The first kappa shape index (κ1) is 19.0. The molecule has 1 aromatic carbocycles.